The molecule has 3 atom stereocenters. The fraction of sp³-hybridized carbons (Fsp3) is 0.667. The predicted molar refractivity (Wildman–Crippen MR) is 67.4 cm³/mol. The molecule has 1 saturated heterocycles. The molecule has 2 rings (SSSR count). The molecule has 10 heteroatoms. The predicted octanol–water partition coefficient (Wildman–Crippen LogP) is 0.240. The first kappa shape index (κ1) is 16.7. The van der Waals surface area contributed by atoms with E-state index in [1.165, 1.54) is 0 Å². The van der Waals surface area contributed by atoms with Crippen molar-refractivity contribution in [1.82, 2.24) is 9.55 Å². The molecule has 1 aromatic heterocycles. The third kappa shape index (κ3) is 3.39. The molecule has 1 aliphatic rings. The summed E-state index contributed by atoms with van der Waals surface area (Å²) >= 11 is 0. The van der Waals surface area contributed by atoms with Crippen LogP contribution in [-0.4, -0.2) is 40.1 Å². The lowest BCUT2D eigenvalue weighted by Crippen LogP contribution is -2.36. The van der Waals surface area contributed by atoms with Crippen molar-refractivity contribution < 1.29 is 27.8 Å². The molecular weight excluding hydrogens is 309 g/mol. The summed E-state index contributed by atoms with van der Waals surface area (Å²) in [4.78, 5) is 24.5. The quantitative estimate of drug-likeness (QED) is 0.827. The topological polar surface area (TPSA) is 93.5 Å². The number of ether oxygens (including phenoxy) is 2. The van der Waals surface area contributed by atoms with E-state index in [9.17, 15) is 27.9 Å². The molecular formula is C12H15F3N2O5. The number of aromatic amines is 1. The van der Waals surface area contributed by atoms with Crippen LogP contribution in [0.5, 0.6) is 0 Å². The lowest BCUT2D eigenvalue weighted by Gasteiger charge is -2.17. The van der Waals surface area contributed by atoms with E-state index in [4.69, 9.17) is 9.47 Å². The van der Waals surface area contributed by atoms with Crippen LogP contribution in [0.25, 0.3) is 0 Å². The molecule has 0 bridgehead atoms. The fourth-order valence-electron chi connectivity index (χ4n) is 2.17. The van der Waals surface area contributed by atoms with Crippen molar-refractivity contribution in [3.05, 3.63) is 32.6 Å². The van der Waals surface area contributed by atoms with Crippen molar-refractivity contribution in [3.63, 3.8) is 0 Å². The van der Waals surface area contributed by atoms with Crippen molar-refractivity contribution in [1.29, 1.82) is 0 Å². The monoisotopic (exact) mass is 324 g/mol. The summed E-state index contributed by atoms with van der Waals surface area (Å²) < 4.78 is 49.2. The van der Waals surface area contributed by atoms with Gasteiger partial charge in [-0.2, -0.15) is 13.2 Å². The lowest BCUT2D eigenvalue weighted by atomic mass is 10.2. The number of nitrogens with one attached hydrogen (secondary N) is 1. The van der Waals surface area contributed by atoms with Gasteiger partial charge in [0, 0.05) is 19.2 Å². The Labute approximate surface area is 122 Å². The van der Waals surface area contributed by atoms with Gasteiger partial charge in [-0.25, -0.2) is 4.79 Å². The zero-order chi connectivity index (χ0) is 16.5. The molecule has 2 N–H and O–H groups in total. The Balaban J connectivity index is 2.30. The molecule has 22 heavy (non-hydrogen) atoms. The van der Waals surface area contributed by atoms with Crippen LogP contribution in [0.15, 0.2) is 15.8 Å². The number of aliphatic hydroxyl groups excluding tert-OH is 1. The van der Waals surface area contributed by atoms with Gasteiger partial charge < -0.3 is 14.6 Å². The molecule has 0 saturated carbocycles. The lowest BCUT2D eigenvalue weighted by molar-refractivity contribution is -0.139. The van der Waals surface area contributed by atoms with Gasteiger partial charge in [-0.1, -0.05) is 0 Å². The number of aliphatic hydroxyl groups is 1. The number of aromatic nitrogens is 2. The number of hydrogen-bond acceptors (Lipinski definition) is 5. The maximum Gasteiger partial charge on any atom is 0.423 e. The van der Waals surface area contributed by atoms with Gasteiger partial charge in [0.15, 0.2) is 0 Å². The summed E-state index contributed by atoms with van der Waals surface area (Å²) in [6, 6.07) is 0. The van der Waals surface area contributed by atoms with Crippen LogP contribution >= 0.6 is 0 Å². The van der Waals surface area contributed by atoms with Crippen LogP contribution in [0, 0.1) is 0 Å². The molecule has 0 aromatic carbocycles. The van der Waals surface area contributed by atoms with Crippen LogP contribution in [0.4, 0.5) is 13.2 Å². The minimum atomic E-state index is -4.90. The van der Waals surface area contributed by atoms with E-state index in [2.05, 4.69) is 0 Å². The summed E-state index contributed by atoms with van der Waals surface area (Å²) in [5.74, 6) is 0. The Bertz CT molecular complexity index is 639. The van der Waals surface area contributed by atoms with E-state index in [0.29, 0.717) is 17.4 Å². The van der Waals surface area contributed by atoms with Crippen molar-refractivity contribution in [2.24, 2.45) is 0 Å². The second-order valence-electron chi connectivity index (χ2n) is 4.80. The number of nitrogens with zero attached hydrogens (tertiary/aromatic N) is 1. The summed E-state index contributed by atoms with van der Waals surface area (Å²) in [7, 11) is 0. The number of alkyl halides is 3. The Morgan fingerprint density at radius 2 is 2.18 bits per heavy atom. The smallest absolute Gasteiger partial charge is 0.390 e. The van der Waals surface area contributed by atoms with E-state index in [1.807, 2.05) is 0 Å². The molecule has 0 aliphatic carbocycles. The van der Waals surface area contributed by atoms with Gasteiger partial charge in [0.1, 0.15) is 17.9 Å². The van der Waals surface area contributed by atoms with Crippen molar-refractivity contribution in [3.8, 4) is 0 Å². The third-order valence-corrected chi connectivity index (χ3v) is 3.27. The summed E-state index contributed by atoms with van der Waals surface area (Å²) in [5.41, 5.74) is -4.05. The number of hydrogen-bond donors (Lipinski definition) is 2. The summed E-state index contributed by atoms with van der Waals surface area (Å²) in [6.45, 7) is 2.17. The normalized spacial score (nSPS) is 25.6. The van der Waals surface area contributed by atoms with Crippen LogP contribution in [0.3, 0.4) is 0 Å². The molecule has 7 nitrogen and oxygen atoms in total. The molecule has 0 unspecified atom stereocenters. The third-order valence-electron chi connectivity index (χ3n) is 3.27. The minimum Gasteiger partial charge on any atom is -0.390 e. The van der Waals surface area contributed by atoms with Crippen LogP contribution < -0.4 is 11.2 Å². The SMILES string of the molecule is CCOC[C@H]1O[C@@H](n2cc(C(F)(F)F)c(=O)[nH]c2=O)C[C@@H]1O. The Morgan fingerprint density at radius 1 is 1.50 bits per heavy atom. The maximum atomic E-state index is 12.7. The number of rotatable bonds is 4. The summed E-state index contributed by atoms with van der Waals surface area (Å²) in [6.07, 6.45) is -7.41. The van der Waals surface area contributed by atoms with Gasteiger partial charge in [-0.05, 0) is 6.92 Å². The van der Waals surface area contributed by atoms with E-state index >= 15 is 0 Å². The first-order valence-electron chi connectivity index (χ1n) is 6.58. The average Bonchev–Trinajstić information content (AvgIpc) is 2.76. The highest BCUT2D eigenvalue weighted by Gasteiger charge is 2.39. The Kier molecular flexibility index (Phi) is 4.73. The first-order valence-corrected chi connectivity index (χ1v) is 6.58. The highest BCUT2D eigenvalue weighted by molar-refractivity contribution is 5.09. The molecule has 1 aliphatic heterocycles. The average molecular weight is 324 g/mol. The summed E-state index contributed by atoms with van der Waals surface area (Å²) in [5, 5.41) is 9.81. The van der Waals surface area contributed by atoms with Gasteiger partial charge in [-0.15, -0.1) is 0 Å². The zero-order valence-corrected chi connectivity index (χ0v) is 11.6. The van der Waals surface area contributed by atoms with Crippen molar-refractivity contribution in [2.45, 2.75) is 38.0 Å². The van der Waals surface area contributed by atoms with Crippen LogP contribution in [0.2, 0.25) is 0 Å². The largest absolute Gasteiger partial charge is 0.423 e. The van der Waals surface area contributed by atoms with E-state index in [0.717, 1.165) is 0 Å². The van der Waals surface area contributed by atoms with Gasteiger partial charge >= 0.3 is 11.9 Å². The first-order chi connectivity index (χ1) is 10.2. The van der Waals surface area contributed by atoms with Crippen molar-refractivity contribution >= 4 is 0 Å². The van der Waals surface area contributed by atoms with Crippen molar-refractivity contribution in [2.75, 3.05) is 13.2 Å². The number of halogens is 3. The Morgan fingerprint density at radius 3 is 2.77 bits per heavy atom. The van der Waals surface area contributed by atoms with E-state index in [-0.39, 0.29) is 13.0 Å². The van der Waals surface area contributed by atoms with Gasteiger partial charge in [0.05, 0.1) is 12.7 Å². The minimum absolute atomic E-state index is 0.0540. The molecule has 0 radical (unpaired) electrons. The molecule has 2 heterocycles. The molecule has 0 amide bonds. The van der Waals surface area contributed by atoms with Crippen LogP contribution in [-0.2, 0) is 15.7 Å². The zero-order valence-electron chi connectivity index (χ0n) is 11.6. The highest BCUT2D eigenvalue weighted by atomic mass is 19.4. The molecule has 124 valence electrons. The second-order valence-corrected chi connectivity index (χ2v) is 4.80. The molecule has 1 fully saturated rings. The van der Waals surface area contributed by atoms with Gasteiger partial charge in [-0.3, -0.25) is 14.3 Å². The maximum absolute atomic E-state index is 12.7. The van der Waals surface area contributed by atoms with Crippen LogP contribution in [0.1, 0.15) is 25.1 Å². The van der Waals surface area contributed by atoms with E-state index < -0.39 is 41.4 Å². The highest BCUT2D eigenvalue weighted by Crippen LogP contribution is 2.30. The number of H-pyrrole nitrogens is 1. The molecule has 1 aromatic rings. The second kappa shape index (κ2) is 6.23. The van der Waals surface area contributed by atoms with Gasteiger partial charge in [0.2, 0.25) is 0 Å². The fourth-order valence-corrected chi connectivity index (χ4v) is 2.17. The Hall–Kier alpha value is -1.65. The standard InChI is InChI=1S/C12H15F3N2O5/c1-2-21-5-8-7(18)3-9(22-8)17-4-6(12(13,14)15)10(19)16-11(17)20/h4,7-9,18H,2-3,5H2,1H3,(H,16,19,20)/t7-,8+,9+/m0/s1. The van der Waals surface area contributed by atoms with E-state index in [1.54, 1.807) is 11.9 Å². The molecule has 0 spiro atoms. The van der Waals surface area contributed by atoms with Gasteiger partial charge in [0.25, 0.3) is 5.56 Å².